The third-order valence-corrected chi connectivity index (χ3v) is 2.38. The average Bonchev–Trinajstić information content (AvgIpc) is 2.37. The van der Waals surface area contributed by atoms with Crippen LogP contribution >= 0.6 is 0 Å². The SMILES string of the molecule is OCCN(CCO)[N][C@@H](CO)c1ccccc1. The second-order valence-corrected chi connectivity index (χ2v) is 3.63. The Morgan fingerprint density at radius 1 is 1.00 bits per heavy atom. The minimum Gasteiger partial charge on any atom is -0.395 e. The Bertz CT molecular complexity index is 289. The number of hydrogen-bond acceptors (Lipinski definition) is 4. The number of aliphatic hydroxyl groups excluding tert-OH is 3. The smallest absolute Gasteiger partial charge is 0.0899 e. The molecule has 3 N–H and O–H groups in total. The molecule has 0 aliphatic rings. The van der Waals surface area contributed by atoms with Crippen LogP contribution in [0.4, 0.5) is 0 Å². The third kappa shape index (κ3) is 4.80. The van der Waals surface area contributed by atoms with Crippen molar-refractivity contribution in [2.75, 3.05) is 32.9 Å². The zero-order valence-electron chi connectivity index (χ0n) is 9.74. The zero-order valence-corrected chi connectivity index (χ0v) is 9.74. The number of benzene rings is 1. The highest BCUT2D eigenvalue weighted by molar-refractivity contribution is 5.18. The largest absolute Gasteiger partial charge is 0.395 e. The molecule has 1 rings (SSSR count). The lowest BCUT2D eigenvalue weighted by Crippen LogP contribution is -2.39. The van der Waals surface area contributed by atoms with Crippen LogP contribution in [0.2, 0.25) is 0 Å². The Kier molecular flexibility index (Phi) is 6.76. The van der Waals surface area contributed by atoms with Gasteiger partial charge >= 0.3 is 0 Å². The monoisotopic (exact) mass is 239 g/mol. The van der Waals surface area contributed by atoms with E-state index in [9.17, 15) is 5.11 Å². The van der Waals surface area contributed by atoms with E-state index in [1.165, 1.54) is 0 Å². The third-order valence-electron chi connectivity index (χ3n) is 2.38. The zero-order chi connectivity index (χ0) is 12.5. The quantitative estimate of drug-likeness (QED) is 0.536. The number of hydrogen-bond donors (Lipinski definition) is 3. The average molecular weight is 239 g/mol. The van der Waals surface area contributed by atoms with Crippen LogP contribution in [-0.2, 0) is 0 Å². The Morgan fingerprint density at radius 2 is 1.59 bits per heavy atom. The molecular weight excluding hydrogens is 220 g/mol. The highest BCUT2D eigenvalue weighted by Crippen LogP contribution is 2.13. The topological polar surface area (TPSA) is 78.0 Å². The van der Waals surface area contributed by atoms with E-state index in [0.717, 1.165) is 5.56 Å². The van der Waals surface area contributed by atoms with Gasteiger partial charge in [-0.25, -0.2) is 5.01 Å². The Hall–Kier alpha value is -0.980. The maximum Gasteiger partial charge on any atom is 0.0899 e. The maximum atomic E-state index is 9.32. The summed E-state index contributed by atoms with van der Waals surface area (Å²) in [5, 5.41) is 28.6. The first-order valence-corrected chi connectivity index (χ1v) is 5.65. The van der Waals surface area contributed by atoms with Gasteiger partial charge in [-0.1, -0.05) is 30.3 Å². The van der Waals surface area contributed by atoms with Gasteiger partial charge in [0.15, 0.2) is 0 Å². The van der Waals surface area contributed by atoms with E-state index in [-0.39, 0.29) is 25.9 Å². The van der Waals surface area contributed by atoms with Crippen LogP contribution in [0.25, 0.3) is 0 Å². The molecule has 0 fully saturated rings. The highest BCUT2D eigenvalue weighted by atomic mass is 16.3. The minimum atomic E-state index is -0.353. The van der Waals surface area contributed by atoms with E-state index in [0.29, 0.717) is 13.1 Å². The van der Waals surface area contributed by atoms with Gasteiger partial charge in [0.2, 0.25) is 0 Å². The lowest BCUT2D eigenvalue weighted by molar-refractivity contribution is 0.0742. The summed E-state index contributed by atoms with van der Waals surface area (Å²) in [6.07, 6.45) is 0. The van der Waals surface area contributed by atoms with Gasteiger partial charge in [0.25, 0.3) is 0 Å². The Morgan fingerprint density at radius 3 is 2.06 bits per heavy atom. The number of nitrogens with zero attached hydrogens (tertiary/aromatic N) is 2. The van der Waals surface area contributed by atoms with Crippen molar-refractivity contribution in [3.8, 4) is 0 Å². The molecule has 0 amide bonds. The first-order chi connectivity index (χ1) is 8.31. The maximum absolute atomic E-state index is 9.32. The summed E-state index contributed by atoms with van der Waals surface area (Å²) >= 11 is 0. The van der Waals surface area contributed by atoms with E-state index in [4.69, 9.17) is 10.2 Å². The second-order valence-electron chi connectivity index (χ2n) is 3.63. The van der Waals surface area contributed by atoms with Crippen LogP contribution in [0.15, 0.2) is 30.3 Å². The normalized spacial score (nSPS) is 12.9. The van der Waals surface area contributed by atoms with E-state index >= 15 is 0 Å². The van der Waals surface area contributed by atoms with Gasteiger partial charge in [-0.3, -0.25) is 0 Å². The van der Waals surface area contributed by atoms with E-state index in [1.54, 1.807) is 5.01 Å². The summed E-state index contributed by atoms with van der Waals surface area (Å²) in [5.41, 5.74) is 5.22. The summed E-state index contributed by atoms with van der Waals surface area (Å²) in [7, 11) is 0. The van der Waals surface area contributed by atoms with Crippen molar-refractivity contribution in [3.05, 3.63) is 35.9 Å². The molecule has 0 spiro atoms. The molecule has 17 heavy (non-hydrogen) atoms. The van der Waals surface area contributed by atoms with Crippen molar-refractivity contribution >= 4 is 0 Å². The predicted octanol–water partition coefficient (Wildman–Crippen LogP) is -0.474. The number of rotatable bonds is 8. The summed E-state index contributed by atoms with van der Waals surface area (Å²) < 4.78 is 0. The molecule has 1 atom stereocenters. The molecule has 5 nitrogen and oxygen atoms in total. The Labute approximate surface area is 101 Å². The summed E-state index contributed by atoms with van der Waals surface area (Å²) in [5.74, 6) is 0. The number of aliphatic hydroxyl groups is 3. The van der Waals surface area contributed by atoms with Gasteiger partial charge in [0.05, 0.1) is 25.9 Å². The highest BCUT2D eigenvalue weighted by Gasteiger charge is 2.15. The van der Waals surface area contributed by atoms with Crippen LogP contribution in [0, 0.1) is 0 Å². The molecule has 0 aliphatic carbocycles. The summed E-state index contributed by atoms with van der Waals surface area (Å²) in [6, 6.07) is 9.10. The first-order valence-electron chi connectivity index (χ1n) is 5.65. The Balaban J connectivity index is 2.61. The first kappa shape index (κ1) is 14.1. The van der Waals surface area contributed by atoms with Gasteiger partial charge in [-0.05, 0) is 5.56 Å². The molecule has 1 radical (unpaired) electrons. The fraction of sp³-hybridized carbons (Fsp3) is 0.500. The van der Waals surface area contributed by atoms with E-state index < -0.39 is 0 Å². The molecule has 0 bridgehead atoms. The second kappa shape index (κ2) is 8.16. The molecule has 5 heteroatoms. The van der Waals surface area contributed by atoms with Crippen LogP contribution in [0.3, 0.4) is 0 Å². The summed E-state index contributed by atoms with van der Waals surface area (Å²) in [6.45, 7) is 0.540. The van der Waals surface area contributed by atoms with Crippen LogP contribution < -0.4 is 5.43 Å². The lowest BCUT2D eigenvalue weighted by Gasteiger charge is -2.24. The van der Waals surface area contributed by atoms with Gasteiger partial charge in [-0.2, -0.15) is 5.43 Å². The van der Waals surface area contributed by atoms with Crippen LogP contribution in [0.5, 0.6) is 0 Å². The summed E-state index contributed by atoms with van der Waals surface area (Å²) in [4.78, 5) is 0. The molecule has 0 heterocycles. The van der Waals surface area contributed by atoms with Gasteiger partial charge in [-0.15, -0.1) is 0 Å². The van der Waals surface area contributed by atoms with Crippen molar-refractivity contribution < 1.29 is 15.3 Å². The van der Waals surface area contributed by atoms with Gasteiger partial charge in [0.1, 0.15) is 0 Å². The molecular formula is C12H19N2O3. The molecule has 0 aromatic heterocycles. The van der Waals surface area contributed by atoms with Gasteiger partial charge < -0.3 is 15.3 Å². The lowest BCUT2D eigenvalue weighted by atomic mass is 10.1. The molecule has 1 aromatic carbocycles. The predicted molar refractivity (Wildman–Crippen MR) is 64.1 cm³/mol. The molecule has 1 aromatic rings. The van der Waals surface area contributed by atoms with Gasteiger partial charge in [0, 0.05) is 13.1 Å². The molecule has 0 unspecified atom stereocenters. The minimum absolute atomic E-state index is 0.0313. The van der Waals surface area contributed by atoms with Crippen molar-refractivity contribution in [3.63, 3.8) is 0 Å². The van der Waals surface area contributed by atoms with Crippen LogP contribution in [0.1, 0.15) is 11.6 Å². The molecule has 0 saturated carbocycles. The van der Waals surface area contributed by atoms with Crippen molar-refractivity contribution in [1.82, 2.24) is 10.4 Å². The fourth-order valence-corrected chi connectivity index (χ4v) is 1.54. The van der Waals surface area contributed by atoms with Crippen molar-refractivity contribution in [1.29, 1.82) is 0 Å². The molecule has 0 saturated heterocycles. The molecule has 95 valence electrons. The van der Waals surface area contributed by atoms with E-state index in [1.807, 2.05) is 30.3 Å². The van der Waals surface area contributed by atoms with Crippen molar-refractivity contribution in [2.24, 2.45) is 0 Å². The standard InChI is InChI=1S/C12H19N2O3/c15-8-6-14(7-9-16)13-12(10-17)11-4-2-1-3-5-11/h1-5,12,15-17H,6-10H2/t12-/m0/s1. The van der Waals surface area contributed by atoms with E-state index in [2.05, 4.69) is 5.43 Å². The van der Waals surface area contributed by atoms with Crippen molar-refractivity contribution in [2.45, 2.75) is 6.04 Å². The molecule has 0 aliphatic heterocycles. The fourth-order valence-electron chi connectivity index (χ4n) is 1.54. The van der Waals surface area contributed by atoms with Crippen LogP contribution in [-0.4, -0.2) is 53.2 Å².